The summed E-state index contributed by atoms with van der Waals surface area (Å²) in [5, 5.41) is 3.48. The summed E-state index contributed by atoms with van der Waals surface area (Å²) < 4.78 is 14.0. The number of H-pyrrole nitrogens is 1. The Morgan fingerprint density at radius 2 is 1.94 bits per heavy atom. The number of aromatic amines is 1. The Balaban J connectivity index is 1.66. The largest absolute Gasteiger partial charge is 0.322 e. The van der Waals surface area contributed by atoms with E-state index in [4.69, 9.17) is 0 Å². The van der Waals surface area contributed by atoms with E-state index in [0.29, 0.717) is 5.56 Å². The maximum absolute atomic E-state index is 14.0. The van der Waals surface area contributed by atoms with Crippen LogP contribution >= 0.6 is 0 Å². The monoisotopic (exact) mass is 416 g/mol. The van der Waals surface area contributed by atoms with Crippen LogP contribution in [0.25, 0.3) is 10.9 Å². The number of urea groups is 1. The van der Waals surface area contributed by atoms with Gasteiger partial charge in [-0.25, -0.2) is 9.18 Å². The van der Waals surface area contributed by atoms with Gasteiger partial charge >= 0.3 is 6.03 Å². The molecule has 0 aliphatic heterocycles. The Labute approximate surface area is 178 Å². The first-order valence-corrected chi connectivity index (χ1v) is 9.82. The van der Waals surface area contributed by atoms with Gasteiger partial charge in [-0.15, -0.1) is 0 Å². The number of aromatic nitrogens is 2. The third-order valence-electron chi connectivity index (χ3n) is 5.03. The van der Waals surface area contributed by atoms with Crippen LogP contribution in [-0.2, 0) is 13.1 Å². The highest BCUT2D eigenvalue weighted by atomic mass is 19.1. The number of rotatable bonds is 5. The Morgan fingerprint density at radius 1 is 1.10 bits per heavy atom. The molecule has 0 spiro atoms. The fourth-order valence-electron chi connectivity index (χ4n) is 3.42. The lowest BCUT2D eigenvalue weighted by atomic mass is 10.1. The predicted octanol–water partition coefficient (Wildman–Crippen LogP) is 4.60. The summed E-state index contributed by atoms with van der Waals surface area (Å²) in [4.78, 5) is 34.2. The van der Waals surface area contributed by atoms with Gasteiger partial charge in [-0.05, 0) is 47.7 Å². The second-order valence-electron chi connectivity index (χ2n) is 7.29. The molecule has 0 aliphatic carbocycles. The summed E-state index contributed by atoms with van der Waals surface area (Å²) in [7, 11) is 0. The zero-order chi connectivity index (χ0) is 21.8. The second kappa shape index (κ2) is 8.79. The first-order chi connectivity index (χ1) is 15.0. The molecular formula is C24H21FN4O2. The molecule has 0 saturated carbocycles. The molecule has 0 atom stereocenters. The zero-order valence-electron chi connectivity index (χ0n) is 16.9. The van der Waals surface area contributed by atoms with Gasteiger partial charge in [0.2, 0.25) is 0 Å². The quantitative estimate of drug-likeness (QED) is 0.499. The smallest absolute Gasteiger partial charge is 0.321 e. The van der Waals surface area contributed by atoms with Crippen molar-refractivity contribution in [2.45, 2.75) is 20.0 Å². The van der Waals surface area contributed by atoms with Gasteiger partial charge in [-0.1, -0.05) is 36.4 Å². The number of hydrogen-bond donors (Lipinski definition) is 2. The van der Waals surface area contributed by atoms with Crippen LogP contribution in [0.4, 0.5) is 14.9 Å². The first kappa shape index (κ1) is 20.3. The molecule has 31 heavy (non-hydrogen) atoms. The highest BCUT2D eigenvalue weighted by Crippen LogP contribution is 2.18. The maximum atomic E-state index is 14.0. The van der Waals surface area contributed by atoms with Crippen molar-refractivity contribution >= 4 is 22.6 Å². The average Bonchev–Trinajstić information content (AvgIpc) is 2.77. The van der Waals surface area contributed by atoms with Gasteiger partial charge < -0.3 is 15.2 Å². The van der Waals surface area contributed by atoms with Gasteiger partial charge in [0.1, 0.15) is 5.82 Å². The van der Waals surface area contributed by atoms with Gasteiger partial charge in [0.25, 0.3) is 5.56 Å². The molecule has 2 heterocycles. The van der Waals surface area contributed by atoms with Crippen molar-refractivity contribution in [1.29, 1.82) is 0 Å². The molecule has 0 fully saturated rings. The van der Waals surface area contributed by atoms with E-state index >= 15 is 0 Å². The van der Waals surface area contributed by atoms with Crippen molar-refractivity contribution in [3.8, 4) is 0 Å². The number of hydrogen-bond acceptors (Lipinski definition) is 3. The molecule has 2 N–H and O–H groups in total. The molecule has 2 amide bonds. The van der Waals surface area contributed by atoms with E-state index in [2.05, 4.69) is 15.3 Å². The number of anilines is 1. The number of halogens is 1. The van der Waals surface area contributed by atoms with Gasteiger partial charge in [0, 0.05) is 24.5 Å². The summed E-state index contributed by atoms with van der Waals surface area (Å²) in [6.07, 6.45) is 3.29. The summed E-state index contributed by atoms with van der Waals surface area (Å²) >= 11 is 0. The topological polar surface area (TPSA) is 78.1 Å². The molecule has 2 aromatic heterocycles. The van der Waals surface area contributed by atoms with Crippen LogP contribution in [0.15, 0.2) is 77.9 Å². The molecule has 7 heteroatoms. The molecule has 6 nitrogen and oxygen atoms in total. The molecule has 0 radical (unpaired) electrons. The SMILES string of the molecule is Cc1cccc2cc(CN(Cc3cccnc3)C(=O)Nc3ccccc3F)c(=O)[nH]c12. The number of amides is 2. The zero-order valence-corrected chi connectivity index (χ0v) is 16.9. The number of carbonyl (C=O) groups is 1. The number of aryl methyl sites for hydroxylation is 1. The van der Waals surface area contributed by atoms with Crippen molar-refractivity contribution in [1.82, 2.24) is 14.9 Å². The lowest BCUT2D eigenvalue weighted by molar-refractivity contribution is 0.206. The fourth-order valence-corrected chi connectivity index (χ4v) is 3.42. The van der Waals surface area contributed by atoms with Gasteiger partial charge in [-0.3, -0.25) is 9.78 Å². The minimum atomic E-state index is -0.531. The van der Waals surface area contributed by atoms with Gasteiger partial charge in [0.15, 0.2) is 0 Å². The molecule has 0 unspecified atom stereocenters. The van der Waals surface area contributed by atoms with Crippen molar-refractivity contribution in [3.63, 3.8) is 0 Å². The normalized spacial score (nSPS) is 10.8. The van der Waals surface area contributed by atoms with Crippen molar-refractivity contribution in [3.05, 3.63) is 106 Å². The molecular weight excluding hydrogens is 395 g/mol. The van der Waals surface area contributed by atoms with E-state index in [1.807, 2.05) is 31.2 Å². The minimum Gasteiger partial charge on any atom is -0.321 e. The maximum Gasteiger partial charge on any atom is 0.322 e. The summed E-state index contributed by atoms with van der Waals surface area (Å²) in [6, 6.07) is 16.6. The number of nitrogens with one attached hydrogen (secondary N) is 2. The molecule has 156 valence electrons. The van der Waals surface area contributed by atoms with Gasteiger partial charge in [0.05, 0.1) is 17.7 Å². The predicted molar refractivity (Wildman–Crippen MR) is 118 cm³/mol. The lowest BCUT2D eigenvalue weighted by Gasteiger charge is -2.23. The van der Waals surface area contributed by atoms with Crippen LogP contribution in [-0.4, -0.2) is 20.9 Å². The van der Waals surface area contributed by atoms with E-state index in [1.54, 1.807) is 36.7 Å². The number of carbonyl (C=O) groups excluding carboxylic acids is 1. The van der Waals surface area contributed by atoms with Crippen molar-refractivity contribution < 1.29 is 9.18 Å². The second-order valence-corrected chi connectivity index (χ2v) is 7.29. The highest BCUT2D eigenvalue weighted by Gasteiger charge is 2.18. The molecule has 0 bridgehead atoms. The van der Waals surface area contributed by atoms with Crippen LogP contribution in [0.2, 0.25) is 0 Å². The number of nitrogens with zero attached hydrogens (tertiary/aromatic N) is 2. The number of benzene rings is 2. The molecule has 4 aromatic rings. The number of para-hydroxylation sites is 2. The Kier molecular flexibility index (Phi) is 5.75. The average molecular weight is 416 g/mol. The third kappa shape index (κ3) is 4.61. The summed E-state index contributed by atoms with van der Waals surface area (Å²) in [5.74, 6) is -0.531. The summed E-state index contributed by atoms with van der Waals surface area (Å²) in [5.41, 5.74) is 2.77. The highest BCUT2D eigenvalue weighted by molar-refractivity contribution is 5.89. The fraction of sp³-hybridized carbons (Fsp3) is 0.125. The van der Waals surface area contributed by atoms with Gasteiger partial charge in [-0.2, -0.15) is 0 Å². The van der Waals surface area contributed by atoms with Crippen LogP contribution < -0.4 is 10.9 Å². The van der Waals surface area contributed by atoms with Crippen molar-refractivity contribution in [2.24, 2.45) is 0 Å². The first-order valence-electron chi connectivity index (χ1n) is 9.82. The van der Waals surface area contributed by atoms with Crippen LogP contribution in [0.3, 0.4) is 0 Å². The number of pyridine rings is 2. The molecule has 0 saturated heterocycles. The molecule has 0 aliphatic rings. The van der Waals surface area contributed by atoms with Crippen molar-refractivity contribution in [2.75, 3.05) is 5.32 Å². The summed E-state index contributed by atoms with van der Waals surface area (Å²) in [6.45, 7) is 2.18. The van der Waals surface area contributed by atoms with E-state index in [9.17, 15) is 14.0 Å². The van der Waals surface area contributed by atoms with E-state index in [1.165, 1.54) is 17.0 Å². The Morgan fingerprint density at radius 3 is 2.71 bits per heavy atom. The Hall–Kier alpha value is -4.00. The number of fused-ring (bicyclic) bond motifs is 1. The van der Waals surface area contributed by atoms with E-state index in [0.717, 1.165) is 22.0 Å². The van der Waals surface area contributed by atoms with E-state index in [-0.39, 0.29) is 24.3 Å². The van der Waals surface area contributed by atoms with Crippen LogP contribution in [0.5, 0.6) is 0 Å². The minimum absolute atomic E-state index is 0.0500. The molecule has 2 aromatic carbocycles. The van der Waals surface area contributed by atoms with Crippen LogP contribution in [0.1, 0.15) is 16.7 Å². The third-order valence-corrected chi connectivity index (χ3v) is 5.03. The Bertz CT molecular complexity index is 1290. The van der Waals surface area contributed by atoms with E-state index < -0.39 is 11.8 Å². The molecule has 4 rings (SSSR count). The standard InChI is InChI=1S/C24H21FN4O2/c1-16-6-4-8-18-12-19(23(30)28-22(16)18)15-29(14-17-7-5-11-26-13-17)24(31)27-21-10-3-2-9-20(21)25/h2-13H,14-15H2,1H3,(H,27,31)(H,28,30). The van der Waals surface area contributed by atoms with Crippen LogP contribution in [0, 0.1) is 12.7 Å². The lowest BCUT2D eigenvalue weighted by Crippen LogP contribution is -2.36.